The summed E-state index contributed by atoms with van der Waals surface area (Å²) in [7, 11) is 0. The van der Waals surface area contributed by atoms with Gasteiger partial charge in [-0.2, -0.15) is 0 Å². The van der Waals surface area contributed by atoms with E-state index < -0.39 is 0 Å². The first-order valence-corrected chi connectivity index (χ1v) is 8.67. The van der Waals surface area contributed by atoms with Gasteiger partial charge in [0, 0.05) is 25.9 Å². The third-order valence-corrected chi connectivity index (χ3v) is 3.79. The van der Waals surface area contributed by atoms with Crippen LogP contribution in [-0.2, 0) is 16.1 Å². The van der Waals surface area contributed by atoms with E-state index in [0.29, 0.717) is 12.5 Å². The minimum absolute atomic E-state index is 0.0912. The van der Waals surface area contributed by atoms with E-state index in [1.54, 1.807) is 0 Å². The van der Waals surface area contributed by atoms with E-state index in [9.17, 15) is 9.59 Å². The lowest BCUT2D eigenvalue weighted by Gasteiger charge is -2.09. The predicted octanol–water partition coefficient (Wildman–Crippen LogP) is 3.08. The molecule has 1 aromatic heterocycles. The molecule has 2 N–H and O–H groups in total. The number of unbranched alkanes of at least 4 members (excludes halogenated alkanes) is 1. The van der Waals surface area contributed by atoms with E-state index in [-0.39, 0.29) is 24.7 Å². The number of para-hydroxylation sites is 2. The summed E-state index contributed by atoms with van der Waals surface area (Å²) in [4.78, 5) is 28.3. The zero-order valence-corrected chi connectivity index (χ0v) is 14.5. The summed E-state index contributed by atoms with van der Waals surface area (Å²) in [5.74, 6) is 0.282. The molecule has 0 radical (unpaired) electrons. The lowest BCUT2D eigenvalue weighted by atomic mass is 10.3. The summed E-state index contributed by atoms with van der Waals surface area (Å²) in [6, 6.07) is 7.84. The highest BCUT2D eigenvalue weighted by molar-refractivity contribution is 5.93. The zero-order chi connectivity index (χ0) is 17.4. The summed E-state index contributed by atoms with van der Waals surface area (Å²) in [6.45, 7) is 5.58. The van der Waals surface area contributed by atoms with Crippen molar-refractivity contribution in [2.75, 3.05) is 11.9 Å². The fourth-order valence-electron chi connectivity index (χ4n) is 2.48. The molecule has 0 aliphatic carbocycles. The number of imidazole rings is 1. The van der Waals surface area contributed by atoms with Gasteiger partial charge < -0.3 is 9.88 Å². The van der Waals surface area contributed by atoms with Gasteiger partial charge in [-0.25, -0.2) is 4.98 Å². The second-order valence-corrected chi connectivity index (χ2v) is 5.83. The fourth-order valence-corrected chi connectivity index (χ4v) is 2.48. The van der Waals surface area contributed by atoms with Crippen molar-refractivity contribution in [3.8, 4) is 0 Å². The van der Waals surface area contributed by atoms with E-state index in [4.69, 9.17) is 0 Å². The summed E-state index contributed by atoms with van der Waals surface area (Å²) in [6.07, 6.45) is 3.33. The molecule has 0 saturated heterocycles. The van der Waals surface area contributed by atoms with Crippen molar-refractivity contribution in [2.24, 2.45) is 0 Å². The molecule has 2 aromatic rings. The second-order valence-electron chi connectivity index (χ2n) is 5.83. The van der Waals surface area contributed by atoms with Crippen LogP contribution in [-0.4, -0.2) is 27.9 Å². The molecule has 0 spiro atoms. The number of carbonyl (C=O) groups is 2. The molecular weight excluding hydrogens is 304 g/mol. The molecule has 6 heteroatoms. The van der Waals surface area contributed by atoms with Crippen LogP contribution in [0.25, 0.3) is 11.0 Å². The highest BCUT2D eigenvalue weighted by Crippen LogP contribution is 2.20. The molecule has 2 rings (SSSR count). The molecule has 130 valence electrons. The highest BCUT2D eigenvalue weighted by atomic mass is 16.2. The van der Waals surface area contributed by atoms with Gasteiger partial charge in [0.15, 0.2) is 0 Å². The smallest absolute Gasteiger partial charge is 0.227 e. The molecular formula is C18H26N4O2. The Balaban J connectivity index is 2.02. The van der Waals surface area contributed by atoms with Crippen molar-refractivity contribution in [1.82, 2.24) is 14.9 Å². The van der Waals surface area contributed by atoms with Gasteiger partial charge in [-0.15, -0.1) is 0 Å². The van der Waals surface area contributed by atoms with Crippen molar-refractivity contribution in [3.63, 3.8) is 0 Å². The molecule has 2 amide bonds. The van der Waals surface area contributed by atoms with Crippen LogP contribution in [0, 0.1) is 0 Å². The molecule has 0 saturated carbocycles. The topological polar surface area (TPSA) is 76.0 Å². The Morgan fingerprint density at radius 1 is 1.08 bits per heavy atom. The van der Waals surface area contributed by atoms with Crippen LogP contribution < -0.4 is 10.6 Å². The first kappa shape index (κ1) is 18.0. The van der Waals surface area contributed by atoms with Gasteiger partial charge in [-0.05, 0) is 25.0 Å². The monoisotopic (exact) mass is 330 g/mol. The Bertz CT molecular complexity index is 693. The quantitative estimate of drug-likeness (QED) is 0.742. The normalized spacial score (nSPS) is 10.8. The number of amides is 2. The molecule has 0 atom stereocenters. The van der Waals surface area contributed by atoms with Gasteiger partial charge in [0.25, 0.3) is 0 Å². The molecule has 1 heterocycles. The van der Waals surface area contributed by atoms with Crippen molar-refractivity contribution in [3.05, 3.63) is 24.3 Å². The number of nitrogens with zero attached hydrogens (tertiary/aromatic N) is 2. The van der Waals surface area contributed by atoms with Crippen molar-refractivity contribution >= 4 is 28.8 Å². The first-order valence-electron chi connectivity index (χ1n) is 8.67. The van der Waals surface area contributed by atoms with Crippen LogP contribution in [0.3, 0.4) is 0 Å². The molecule has 24 heavy (non-hydrogen) atoms. The molecule has 0 unspecified atom stereocenters. The molecule has 0 fully saturated rings. The Kier molecular flexibility index (Phi) is 6.78. The van der Waals surface area contributed by atoms with Crippen molar-refractivity contribution in [1.29, 1.82) is 0 Å². The summed E-state index contributed by atoms with van der Waals surface area (Å²) in [5, 5.41) is 5.63. The number of fused-ring (bicyclic) bond motifs is 1. The van der Waals surface area contributed by atoms with E-state index in [1.165, 1.54) is 0 Å². The van der Waals surface area contributed by atoms with Crippen LogP contribution in [0.15, 0.2) is 24.3 Å². The number of rotatable bonds is 9. The maximum atomic E-state index is 12.1. The Morgan fingerprint density at radius 3 is 2.58 bits per heavy atom. The van der Waals surface area contributed by atoms with E-state index in [1.807, 2.05) is 35.8 Å². The molecule has 0 aliphatic rings. The van der Waals surface area contributed by atoms with E-state index in [2.05, 4.69) is 22.5 Å². The number of aryl methyl sites for hydroxylation is 1. The second kappa shape index (κ2) is 9.05. The number of benzene rings is 1. The number of anilines is 1. The van der Waals surface area contributed by atoms with Crippen LogP contribution in [0.5, 0.6) is 0 Å². The van der Waals surface area contributed by atoms with Crippen LogP contribution in [0.2, 0.25) is 0 Å². The number of nitrogens with one attached hydrogen (secondary N) is 2. The van der Waals surface area contributed by atoms with Gasteiger partial charge in [-0.1, -0.05) is 32.4 Å². The molecule has 0 aliphatic heterocycles. The fraction of sp³-hybridized carbons (Fsp3) is 0.500. The molecule has 1 aromatic carbocycles. The molecule has 0 bridgehead atoms. The maximum absolute atomic E-state index is 12.1. The van der Waals surface area contributed by atoms with Crippen LogP contribution in [0.1, 0.15) is 46.0 Å². The van der Waals surface area contributed by atoms with Gasteiger partial charge in [-0.3, -0.25) is 14.9 Å². The predicted molar refractivity (Wildman–Crippen MR) is 95.8 cm³/mol. The zero-order valence-electron chi connectivity index (χ0n) is 14.5. The van der Waals surface area contributed by atoms with E-state index in [0.717, 1.165) is 36.8 Å². The first-order chi connectivity index (χ1) is 11.7. The highest BCUT2D eigenvalue weighted by Gasteiger charge is 2.13. The summed E-state index contributed by atoms with van der Waals surface area (Å²) in [5.41, 5.74) is 1.88. The van der Waals surface area contributed by atoms with Gasteiger partial charge >= 0.3 is 0 Å². The number of aromatic nitrogens is 2. The SMILES string of the molecule is CCCCn1c(NC(=O)CCC(=O)NCCC)nc2ccccc21. The Labute approximate surface area is 142 Å². The average molecular weight is 330 g/mol. The number of hydrogen-bond acceptors (Lipinski definition) is 3. The third-order valence-electron chi connectivity index (χ3n) is 3.79. The lowest BCUT2D eigenvalue weighted by Crippen LogP contribution is -2.25. The number of hydrogen-bond donors (Lipinski definition) is 2. The van der Waals surface area contributed by atoms with Crippen molar-refractivity contribution < 1.29 is 9.59 Å². The summed E-state index contributed by atoms with van der Waals surface area (Å²) < 4.78 is 2.04. The van der Waals surface area contributed by atoms with Crippen LogP contribution in [0.4, 0.5) is 5.95 Å². The minimum Gasteiger partial charge on any atom is -0.356 e. The Hall–Kier alpha value is -2.37. The average Bonchev–Trinajstić information content (AvgIpc) is 2.93. The van der Waals surface area contributed by atoms with Crippen LogP contribution >= 0.6 is 0 Å². The lowest BCUT2D eigenvalue weighted by molar-refractivity contribution is -0.124. The maximum Gasteiger partial charge on any atom is 0.227 e. The largest absolute Gasteiger partial charge is 0.356 e. The van der Waals surface area contributed by atoms with Crippen molar-refractivity contribution in [2.45, 2.75) is 52.5 Å². The minimum atomic E-state index is -0.185. The third kappa shape index (κ3) is 4.81. The Morgan fingerprint density at radius 2 is 1.83 bits per heavy atom. The van der Waals surface area contributed by atoms with Gasteiger partial charge in [0.1, 0.15) is 0 Å². The van der Waals surface area contributed by atoms with Gasteiger partial charge in [0.2, 0.25) is 17.8 Å². The van der Waals surface area contributed by atoms with E-state index >= 15 is 0 Å². The standard InChI is InChI=1S/C18H26N4O2/c1-3-5-13-22-15-9-7-6-8-14(15)20-18(22)21-17(24)11-10-16(23)19-12-4-2/h6-9H,3-5,10-13H2,1-2H3,(H,19,23)(H,20,21,24). The number of carbonyl (C=O) groups excluding carboxylic acids is 2. The van der Waals surface area contributed by atoms with Gasteiger partial charge in [0.05, 0.1) is 11.0 Å². The molecule has 6 nitrogen and oxygen atoms in total. The summed E-state index contributed by atoms with van der Waals surface area (Å²) >= 11 is 0.